The molecule has 0 unspecified atom stereocenters. The van der Waals surface area contributed by atoms with Crippen LogP contribution in [-0.2, 0) is 26.1 Å². The topological polar surface area (TPSA) is 148 Å². The van der Waals surface area contributed by atoms with Crippen molar-refractivity contribution >= 4 is 27.4 Å². The predicted molar refractivity (Wildman–Crippen MR) is 118 cm³/mol. The molecule has 1 aromatic carbocycles. The fourth-order valence-electron chi connectivity index (χ4n) is 2.88. The van der Waals surface area contributed by atoms with Crippen molar-refractivity contribution in [2.24, 2.45) is 0 Å². The molecule has 0 radical (unpaired) electrons. The number of H-pyrrole nitrogens is 1. The van der Waals surface area contributed by atoms with Gasteiger partial charge in [-0.1, -0.05) is 30.3 Å². The molecule has 0 atom stereocenters. The molecule has 0 fully saturated rings. The van der Waals surface area contributed by atoms with Gasteiger partial charge < -0.3 is 15.4 Å². The second-order valence-corrected chi connectivity index (χ2v) is 9.07. The number of ether oxygens (including phenoxy) is 1. The number of aromatic amines is 1. The lowest BCUT2D eigenvalue weighted by Gasteiger charge is -2.26. The first kappa shape index (κ1) is 24.3. The van der Waals surface area contributed by atoms with E-state index in [0.29, 0.717) is 13.0 Å². The molecule has 2 rings (SSSR count). The summed E-state index contributed by atoms with van der Waals surface area (Å²) in [5, 5.41) is 0. The van der Waals surface area contributed by atoms with Gasteiger partial charge in [-0.25, -0.2) is 13.2 Å². The van der Waals surface area contributed by atoms with Crippen LogP contribution in [0.5, 0.6) is 0 Å². The molecule has 0 aliphatic rings. The molecule has 11 nitrogen and oxygen atoms in total. The molecule has 0 saturated heterocycles. The summed E-state index contributed by atoms with van der Waals surface area (Å²) in [5.41, 5.74) is 5.19. The van der Waals surface area contributed by atoms with Gasteiger partial charge in [0.25, 0.3) is 5.56 Å². The first-order valence-electron chi connectivity index (χ1n) is 9.43. The lowest BCUT2D eigenvalue weighted by atomic mass is 10.2. The van der Waals surface area contributed by atoms with Crippen LogP contribution in [0.25, 0.3) is 0 Å². The van der Waals surface area contributed by atoms with Crippen LogP contribution < -0.4 is 21.9 Å². The highest BCUT2D eigenvalue weighted by Crippen LogP contribution is 2.19. The Bertz CT molecular complexity index is 1130. The average Bonchev–Trinajstić information content (AvgIpc) is 2.70. The van der Waals surface area contributed by atoms with Crippen LogP contribution in [0.3, 0.4) is 0 Å². The number of nitrogens with two attached hydrogens (primary N) is 1. The Labute approximate surface area is 180 Å². The molecule has 0 saturated carbocycles. The number of nitrogens with one attached hydrogen (secondary N) is 1. The number of benzene rings is 1. The number of amides is 1. The molecule has 1 amide bonds. The minimum Gasteiger partial charge on any atom is -0.385 e. The Morgan fingerprint density at radius 1 is 1.23 bits per heavy atom. The van der Waals surface area contributed by atoms with Gasteiger partial charge in [0, 0.05) is 27.3 Å². The zero-order chi connectivity index (χ0) is 23.2. The Kier molecular flexibility index (Phi) is 8.14. The highest BCUT2D eigenvalue weighted by Gasteiger charge is 2.26. The van der Waals surface area contributed by atoms with Gasteiger partial charge in [0.15, 0.2) is 5.69 Å². The van der Waals surface area contributed by atoms with E-state index < -0.39 is 33.7 Å². The number of hydrogen-bond donors (Lipinski definition) is 2. The number of aromatic nitrogens is 2. The van der Waals surface area contributed by atoms with Crippen LogP contribution in [-0.4, -0.2) is 68.3 Å². The summed E-state index contributed by atoms with van der Waals surface area (Å²) in [7, 11) is -0.881. The van der Waals surface area contributed by atoms with E-state index in [4.69, 9.17) is 10.5 Å². The van der Waals surface area contributed by atoms with Crippen molar-refractivity contribution in [1.29, 1.82) is 0 Å². The van der Waals surface area contributed by atoms with Crippen molar-refractivity contribution in [1.82, 2.24) is 13.9 Å². The van der Waals surface area contributed by atoms with Crippen LogP contribution >= 0.6 is 0 Å². The van der Waals surface area contributed by atoms with Gasteiger partial charge in [-0.2, -0.15) is 4.31 Å². The molecule has 1 heterocycles. The van der Waals surface area contributed by atoms with Gasteiger partial charge in [-0.15, -0.1) is 0 Å². The number of carbonyl (C=O) groups excluding carboxylic acids is 1. The monoisotopic (exact) mass is 453 g/mol. The van der Waals surface area contributed by atoms with Crippen LogP contribution in [0.15, 0.2) is 39.9 Å². The van der Waals surface area contributed by atoms with Crippen LogP contribution in [0.4, 0.5) is 11.5 Å². The molecule has 3 N–H and O–H groups in total. The van der Waals surface area contributed by atoms with Gasteiger partial charge in [0.05, 0.1) is 19.3 Å². The Hall–Kier alpha value is -2.96. The first-order valence-corrected chi connectivity index (χ1v) is 11.3. The molecule has 2 aromatic rings. The number of hydrogen-bond acceptors (Lipinski definition) is 7. The summed E-state index contributed by atoms with van der Waals surface area (Å²) in [6.07, 6.45) is 1.33. The van der Waals surface area contributed by atoms with Gasteiger partial charge in [0.1, 0.15) is 5.82 Å². The molecule has 12 heteroatoms. The third-order valence-corrected chi connectivity index (χ3v) is 5.88. The van der Waals surface area contributed by atoms with E-state index in [1.807, 2.05) is 6.07 Å². The minimum atomic E-state index is -3.63. The standard InChI is InChI=1S/C19H27N5O6S/c1-22(31(3,28)29)13-15(25)23(10-7-11-30-2)16-17(20)24(19(27)21-18(16)26)12-14-8-5-4-6-9-14/h4-6,8-9H,7,10-13,20H2,1-3H3,(H,21,26,27). The van der Waals surface area contributed by atoms with Gasteiger partial charge in [0.2, 0.25) is 15.9 Å². The van der Waals surface area contributed by atoms with E-state index in [1.54, 1.807) is 24.3 Å². The van der Waals surface area contributed by atoms with Crippen molar-refractivity contribution in [2.75, 3.05) is 50.7 Å². The molecule has 0 aliphatic heterocycles. The van der Waals surface area contributed by atoms with E-state index in [9.17, 15) is 22.8 Å². The summed E-state index contributed by atoms with van der Waals surface area (Å²) in [6, 6.07) is 9.00. The van der Waals surface area contributed by atoms with Crippen molar-refractivity contribution in [3.8, 4) is 0 Å². The summed E-state index contributed by atoms with van der Waals surface area (Å²) in [5.74, 6) is -0.850. The Morgan fingerprint density at radius 3 is 2.45 bits per heavy atom. The van der Waals surface area contributed by atoms with Crippen LogP contribution in [0.2, 0.25) is 0 Å². The van der Waals surface area contributed by atoms with E-state index in [-0.39, 0.29) is 24.6 Å². The fraction of sp³-hybridized carbons (Fsp3) is 0.421. The lowest BCUT2D eigenvalue weighted by molar-refractivity contribution is -0.118. The molecule has 0 aliphatic carbocycles. The number of rotatable bonds is 10. The second kappa shape index (κ2) is 10.4. The second-order valence-electron chi connectivity index (χ2n) is 6.98. The molecule has 1 aromatic heterocycles. The molecular weight excluding hydrogens is 426 g/mol. The number of nitrogen functional groups attached to an aromatic ring is 1. The highest BCUT2D eigenvalue weighted by molar-refractivity contribution is 7.88. The van der Waals surface area contributed by atoms with Gasteiger partial charge in [-0.3, -0.25) is 19.1 Å². The number of nitrogens with zero attached hydrogens (tertiary/aromatic N) is 3. The number of likely N-dealkylation sites (N-methyl/N-ethyl adjacent to an activating group) is 1. The van der Waals surface area contributed by atoms with Crippen molar-refractivity contribution in [3.63, 3.8) is 0 Å². The third kappa shape index (κ3) is 6.26. The van der Waals surface area contributed by atoms with Gasteiger partial charge in [-0.05, 0) is 12.0 Å². The maximum absolute atomic E-state index is 12.9. The minimum absolute atomic E-state index is 0.0428. The highest BCUT2D eigenvalue weighted by atomic mass is 32.2. The quantitative estimate of drug-likeness (QED) is 0.458. The number of carbonyl (C=O) groups is 1. The van der Waals surface area contributed by atoms with Crippen molar-refractivity contribution in [3.05, 3.63) is 56.7 Å². The van der Waals surface area contributed by atoms with E-state index >= 15 is 0 Å². The normalized spacial score (nSPS) is 11.6. The maximum atomic E-state index is 12.9. The molecule has 31 heavy (non-hydrogen) atoms. The number of anilines is 2. The zero-order valence-electron chi connectivity index (χ0n) is 17.7. The number of methoxy groups -OCH3 is 1. The van der Waals surface area contributed by atoms with E-state index in [1.165, 1.54) is 14.2 Å². The zero-order valence-corrected chi connectivity index (χ0v) is 18.5. The summed E-state index contributed by atoms with van der Waals surface area (Å²) in [6.45, 7) is -0.0740. The van der Waals surface area contributed by atoms with Crippen LogP contribution in [0, 0.1) is 0 Å². The van der Waals surface area contributed by atoms with E-state index in [0.717, 1.165) is 25.6 Å². The lowest BCUT2D eigenvalue weighted by Crippen LogP contribution is -2.46. The largest absolute Gasteiger partial charge is 0.385 e. The smallest absolute Gasteiger partial charge is 0.330 e. The Balaban J connectivity index is 2.51. The third-order valence-electron chi connectivity index (χ3n) is 4.62. The summed E-state index contributed by atoms with van der Waals surface area (Å²) < 4.78 is 30.5. The molecule has 0 bridgehead atoms. The van der Waals surface area contributed by atoms with Crippen molar-refractivity contribution < 1.29 is 17.9 Å². The van der Waals surface area contributed by atoms with Crippen LogP contribution in [0.1, 0.15) is 12.0 Å². The van der Waals surface area contributed by atoms with Gasteiger partial charge >= 0.3 is 5.69 Å². The summed E-state index contributed by atoms with van der Waals surface area (Å²) in [4.78, 5) is 41.2. The SMILES string of the molecule is COCCCN(C(=O)CN(C)S(C)(=O)=O)c1c(N)n(Cc2ccccc2)c(=O)[nH]c1=O. The average molecular weight is 454 g/mol. The molecular formula is C19H27N5O6S. The summed E-state index contributed by atoms with van der Waals surface area (Å²) >= 11 is 0. The Morgan fingerprint density at radius 2 is 1.87 bits per heavy atom. The van der Waals surface area contributed by atoms with E-state index in [2.05, 4.69) is 4.98 Å². The fourth-order valence-corrected chi connectivity index (χ4v) is 3.23. The molecule has 170 valence electrons. The molecule has 0 spiro atoms. The maximum Gasteiger partial charge on any atom is 0.330 e. The first-order chi connectivity index (χ1) is 14.6. The number of sulfonamides is 1. The van der Waals surface area contributed by atoms with Crippen molar-refractivity contribution in [2.45, 2.75) is 13.0 Å². The predicted octanol–water partition coefficient (Wildman–Crippen LogP) is -0.572.